The van der Waals surface area contributed by atoms with Crippen molar-refractivity contribution in [1.29, 1.82) is 0 Å². The zero-order valence-corrected chi connectivity index (χ0v) is 12.4. The van der Waals surface area contributed by atoms with Crippen LogP contribution in [0.4, 0.5) is 19.3 Å². The second kappa shape index (κ2) is 7.35. The van der Waals surface area contributed by atoms with E-state index in [0.717, 1.165) is 4.68 Å². The van der Waals surface area contributed by atoms with Gasteiger partial charge in [-0.15, -0.1) is 0 Å². The van der Waals surface area contributed by atoms with Crippen molar-refractivity contribution >= 4 is 11.7 Å². The molecule has 0 aliphatic heterocycles. The lowest BCUT2D eigenvalue weighted by Gasteiger charge is -2.26. The maximum Gasteiger partial charge on any atom is 0.319 e. The van der Waals surface area contributed by atoms with E-state index >= 15 is 0 Å². The number of rotatable bonds is 7. The summed E-state index contributed by atoms with van der Waals surface area (Å²) in [6.07, 6.45) is 0.264. The number of halogens is 2. The van der Waals surface area contributed by atoms with Crippen molar-refractivity contribution in [3.8, 4) is 0 Å². The van der Waals surface area contributed by atoms with E-state index in [4.69, 9.17) is 0 Å². The highest BCUT2D eigenvalue weighted by Gasteiger charge is 2.21. The predicted octanol–water partition coefficient (Wildman–Crippen LogP) is 2.07. The van der Waals surface area contributed by atoms with Crippen molar-refractivity contribution in [3.63, 3.8) is 0 Å². The molecule has 0 radical (unpaired) electrons. The molecule has 0 saturated heterocycles. The highest BCUT2D eigenvalue weighted by atomic mass is 19.3. The molecule has 0 spiro atoms. The first-order valence-corrected chi connectivity index (χ1v) is 6.71. The molecule has 1 rings (SSSR count). The first-order valence-electron chi connectivity index (χ1n) is 6.71. The molecular formula is C13H22F2N4O2. The highest BCUT2D eigenvalue weighted by Crippen LogP contribution is 2.21. The second-order valence-corrected chi connectivity index (χ2v) is 5.87. The normalized spacial score (nSPS) is 13.3. The summed E-state index contributed by atoms with van der Waals surface area (Å²) in [6, 6.07) is -0.440. The Kier molecular flexibility index (Phi) is 6.07. The summed E-state index contributed by atoms with van der Waals surface area (Å²) in [5.41, 5.74) is 0.104. The van der Waals surface area contributed by atoms with Crippen LogP contribution in [0, 0.1) is 5.41 Å². The molecule has 0 aliphatic carbocycles. The van der Waals surface area contributed by atoms with Crippen molar-refractivity contribution < 1.29 is 18.7 Å². The number of carbonyl (C=O) groups excluding carboxylic acids is 1. The molecule has 1 atom stereocenters. The number of aliphatic hydroxyl groups is 1. The minimum Gasteiger partial charge on any atom is -0.393 e. The molecule has 1 aromatic heterocycles. The Bertz CT molecular complexity index is 461. The average Bonchev–Trinajstić information content (AvgIpc) is 2.71. The van der Waals surface area contributed by atoms with Crippen LogP contribution in [0.3, 0.4) is 0 Å². The van der Waals surface area contributed by atoms with Gasteiger partial charge < -0.3 is 15.7 Å². The van der Waals surface area contributed by atoms with Gasteiger partial charge in [-0.1, -0.05) is 13.8 Å². The van der Waals surface area contributed by atoms with Crippen molar-refractivity contribution in [2.75, 3.05) is 11.9 Å². The number of hydrogen-bond donors (Lipinski definition) is 3. The maximum absolute atomic E-state index is 12.2. The van der Waals surface area contributed by atoms with E-state index < -0.39 is 25.1 Å². The largest absolute Gasteiger partial charge is 0.393 e. The summed E-state index contributed by atoms with van der Waals surface area (Å²) >= 11 is 0. The molecule has 21 heavy (non-hydrogen) atoms. The smallest absolute Gasteiger partial charge is 0.319 e. The van der Waals surface area contributed by atoms with Crippen LogP contribution in [0.25, 0.3) is 0 Å². The van der Waals surface area contributed by atoms with Crippen molar-refractivity contribution in [1.82, 2.24) is 15.1 Å². The first kappa shape index (κ1) is 17.4. The van der Waals surface area contributed by atoms with E-state index in [-0.39, 0.29) is 5.41 Å². The average molecular weight is 304 g/mol. The number of amides is 2. The third-order valence-corrected chi connectivity index (χ3v) is 2.79. The molecule has 120 valence electrons. The van der Waals surface area contributed by atoms with Gasteiger partial charge in [-0.25, -0.2) is 13.6 Å². The summed E-state index contributed by atoms with van der Waals surface area (Å²) in [5.74, 6) is 0. The Morgan fingerprint density at radius 2 is 2.19 bits per heavy atom. The molecule has 0 aromatic carbocycles. The number of aromatic nitrogens is 2. The number of carbonyl (C=O) groups is 1. The number of nitrogens with zero attached hydrogens (tertiary/aromatic N) is 2. The van der Waals surface area contributed by atoms with Gasteiger partial charge in [-0.3, -0.25) is 4.68 Å². The topological polar surface area (TPSA) is 79.2 Å². The molecule has 0 bridgehead atoms. The Balaban J connectivity index is 2.41. The monoisotopic (exact) mass is 304 g/mol. The first-order chi connectivity index (χ1) is 9.68. The lowest BCUT2D eigenvalue weighted by atomic mass is 9.87. The molecule has 0 saturated carbocycles. The summed E-state index contributed by atoms with van der Waals surface area (Å²) in [4.78, 5) is 11.7. The van der Waals surface area contributed by atoms with Crippen LogP contribution >= 0.6 is 0 Å². The van der Waals surface area contributed by atoms with E-state index in [0.29, 0.717) is 18.7 Å². The number of anilines is 1. The number of hydrogen-bond acceptors (Lipinski definition) is 3. The third kappa shape index (κ3) is 7.03. The standard InChI is InChI=1S/C13H22F2N4O2/c1-9(20)4-13(2,3)8-16-12(21)18-10-5-17-19(6-10)7-11(14)15/h5-6,9,11,20H,4,7-8H2,1-3H3,(H2,16,18,21). The van der Waals surface area contributed by atoms with Crippen molar-refractivity contribution in [2.24, 2.45) is 5.41 Å². The number of aliphatic hydroxyl groups excluding tert-OH is 1. The van der Waals surface area contributed by atoms with Gasteiger partial charge in [0.05, 0.1) is 18.0 Å². The fraction of sp³-hybridized carbons (Fsp3) is 0.692. The molecule has 0 aliphatic rings. The maximum atomic E-state index is 12.2. The highest BCUT2D eigenvalue weighted by molar-refractivity contribution is 5.88. The molecule has 6 nitrogen and oxygen atoms in total. The van der Waals surface area contributed by atoms with Gasteiger partial charge in [0, 0.05) is 12.7 Å². The zero-order valence-electron chi connectivity index (χ0n) is 12.4. The number of nitrogens with one attached hydrogen (secondary N) is 2. The van der Waals surface area contributed by atoms with Gasteiger partial charge in [0.1, 0.15) is 6.54 Å². The Hall–Kier alpha value is -1.70. The van der Waals surface area contributed by atoms with Gasteiger partial charge in [-0.2, -0.15) is 5.10 Å². The minimum atomic E-state index is -2.49. The van der Waals surface area contributed by atoms with E-state index in [1.165, 1.54) is 12.4 Å². The van der Waals surface area contributed by atoms with Crippen LogP contribution < -0.4 is 10.6 Å². The van der Waals surface area contributed by atoms with E-state index in [9.17, 15) is 18.7 Å². The van der Waals surface area contributed by atoms with Gasteiger partial charge >= 0.3 is 6.03 Å². The third-order valence-electron chi connectivity index (χ3n) is 2.79. The van der Waals surface area contributed by atoms with Crippen LogP contribution in [-0.2, 0) is 6.54 Å². The van der Waals surface area contributed by atoms with Crippen molar-refractivity contribution in [2.45, 2.75) is 46.3 Å². The van der Waals surface area contributed by atoms with Crippen LogP contribution in [0.5, 0.6) is 0 Å². The lowest BCUT2D eigenvalue weighted by Crippen LogP contribution is -2.38. The minimum absolute atomic E-state index is 0.245. The van der Waals surface area contributed by atoms with Crippen LogP contribution in [0.15, 0.2) is 12.4 Å². The molecular weight excluding hydrogens is 282 g/mol. The Labute approximate surface area is 122 Å². The zero-order chi connectivity index (χ0) is 16.0. The van der Waals surface area contributed by atoms with Gasteiger partial charge in [0.2, 0.25) is 0 Å². The molecule has 1 unspecified atom stereocenters. The Morgan fingerprint density at radius 1 is 1.52 bits per heavy atom. The fourth-order valence-corrected chi connectivity index (χ4v) is 2.04. The van der Waals surface area contributed by atoms with Crippen molar-refractivity contribution in [3.05, 3.63) is 12.4 Å². The summed E-state index contributed by atoms with van der Waals surface area (Å²) in [7, 11) is 0. The predicted molar refractivity (Wildman–Crippen MR) is 75.3 cm³/mol. The summed E-state index contributed by atoms with van der Waals surface area (Å²) in [6.45, 7) is 5.43. The molecule has 3 N–H and O–H groups in total. The summed E-state index contributed by atoms with van der Waals surface area (Å²) < 4.78 is 25.4. The molecule has 8 heteroatoms. The fourth-order valence-electron chi connectivity index (χ4n) is 2.04. The molecule has 0 fully saturated rings. The van der Waals surface area contributed by atoms with Gasteiger partial charge in [0.25, 0.3) is 6.43 Å². The number of urea groups is 1. The SMILES string of the molecule is CC(O)CC(C)(C)CNC(=O)Nc1cnn(CC(F)F)c1. The van der Waals surface area contributed by atoms with E-state index in [1.807, 2.05) is 13.8 Å². The Morgan fingerprint density at radius 3 is 2.76 bits per heavy atom. The van der Waals surface area contributed by atoms with E-state index in [2.05, 4.69) is 15.7 Å². The lowest BCUT2D eigenvalue weighted by molar-refractivity contribution is 0.122. The van der Waals surface area contributed by atoms with Crippen LogP contribution in [0.1, 0.15) is 27.2 Å². The van der Waals surface area contributed by atoms with Gasteiger partial charge in [-0.05, 0) is 18.8 Å². The summed E-state index contributed by atoms with van der Waals surface area (Å²) in [5, 5.41) is 18.3. The molecule has 1 heterocycles. The van der Waals surface area contributed by atoms with Crippen LogP contribution in [0.2, 0.25) is 0 Å². The van der Waals surface area contributed by atoms with Crippen LogP contribution in [-0.4, -0.2) is 40.0 Å². The second-order valence-electron chi connectivity index (χ2n) is 5.87. The molecule has 2 amide bonds. The quantitative estimate of drug-likeness (QED) is 0.721. The van der Waals surface area contributed by atoms with E-state index in [1.54, 1.807) is 6.92 Å². The van der Waals surface area contributed by atoms with Gasteiger partial charge in [0.15, 0.2) is 0 Å². The molecule has 1 aromatic rings. The number of alkyl halides is 2.